The Morgan fingerprint density at radius 1 is 0.750 bits per heavy atom. The molecule has 0 aliphatic carbocycles. The molecule has 0 aliphatic rings. The van der Waals surface area contributed by atoms with Crippen LogP contribution in [0.25, 0.3) is 0 Å². The number of Topliss-reactive ketones (excluding diaryl/α,β-unsaturated/α-hetero) is 2. The van der Waals surface area contributed by atoms with Gasteiger partial charge in [0, 0.05) is 9.79 Å². The molecular formula is C20H22O2S2. The van der Waals surface area contributed by atoms with Crippen molar-refractivity contribution in [1.29, 1.82) is 0 Å². The smallest absolute Gasteiger partial charge is 0.140 e. The number of carbonyl (C=O) groups is 2. The highest BCUT2D eigenvalue weighted by Crippen LogP contribution is 2.38. The van der Waals surface area contributed by atoms with Gasteiger partial charge in [0.1, 0.15) is 11.6 Å². The lowest BCUT2D eigenvalue weighted by Gasteiger charge is -2.18. The first-order valence-electron chi connectivity index (χ1n) is 8.00. The van der Waals surface area contributed by atoms with E-state index >= 15 is 0 Å². The molecule has 2 rings (SSSR count). The summed E-state index contributed by atoms with van der Waals surface area (Å²) in [6.45, 7) is 3.02. The molecule has 24 heavy (non-hydrogen) atoms. The van der Waals surface area contributed by atoms with Gasteiger partial charge in [-0.3, -0.25) is 9.59 Å². The first kappa shape index (κ1) is 18.8. The Labute approximate surface area is 152 Å². The van der Waals surface area contributed by atoms with Crippen molar-refractivity contribution in [2.45, 2.75) is 41.1 Å². The minimum Gasteiger partial charge on any atom is -0.299 e. The highest BCUT2D eigenvalue weighted by atomic mass is 32.2. The van der Waals surface area contributed by atoms with Crippen molar-refractivity contribution < 1.29 is 9.59 Å². The van der Waals surface area contributed by atoms with Crippen LogP contribution in [0.1, 0.15) is 26.7 Å². The maximum Gasteiger partial charge on any atom is 0.140 e. The van der Waals surface area contributed by atoms with E-state index in [1.807, 2.05) is 36.4 Å². The maximum atomic E-state index is 11.7. The van der Waals surface area contributed by atoms with Crippen molar-refractivity contribution in [3.05, 3.63) is 60.7 Å². The fourth-order valence-electron chi connectivity index (χ4n) is 2.44. The van der Waals surface area contributed by atoms with Gasteiger partial charge in [0.25, 0.3) is 0 Å². The van der Waals surface area contributed by atoms with E-state index in [0.29, 0.717) is 6.42 Å². The quantitative estimate of drug-likeness (QED) is 0.338. The minimum atomic E-state index is -0.472. The van der Waals surface area contributed by atoms with Crippen molar-refractivity contribution >= 4 is 35.1 Å². The molecule has 0 aromatic heterocycles. The van der Waals surface area contributed by atoms with Gasteiger partial charge in [-0.1, -0.05) is 36.4 Å². The summed E-state index contributed by atoms with van der Waals surface area (Å²) >= 11 is 3.58. The van der Waals surface area contributed by atoms with E-state index in [0.717, 1.165) is 6.42 Å². The predicted molar refractivity (Wildman–Crippen MR) is 102 cm³/mol. The number of hydrogen-bond donors (Lipinski definition) is 0. The van der Waals surface area contributed by atoms with Crippen LogP contribution in [-0.4, -0.2) is 16.1 Å². The molecule has 0 fully saturated rings. The van der Waals surface area contributed by atoms with Crippen LogP contribution in [0.2, 0.25) is 0 Å². The van der Waals surface area contributed by atoms with E-state index in [9.17, 15) is 9.59 Å². The second-order valence-corrected chi connectivity index (χ2v) is 8.49. The van der Waals surface area contributed by atoms with Gasteiger partial charge in [-0.2, -0.15) is 0 Å². The summed E-state index contributed by atoms with van der Waals surface area (Å²) in [5, 5.41) is 0. The molecule has 2 aromatic carbocycles. The molecule has 0 heterocycles. The standard InChI is InChI=1S/C20H22O2S2/c1-15(21)19(16(2)22)13-14-20(23-17-9-5-3-6-10-17)24-18-11-7-4-8-12-18/h3-12,19-20H,13-14H2,1-2H3. The summed E-state index contributed by atoms with van der Waals surface area (Å²) in [4.78, 5) is 25.8. The number of ketones is 2. The molecule has 0 N–H and O–H groups in total. The molecule has 4 heteroatoms. The first-order valence-corrected chi connectivity index (χ1v) is 9.76. The summed E-state index contributed by atoms with van der Waals surface area (Å²) < 4.78 is 0.260. The van der Waals surface area contributed by atoms with E-state index < -0.39 is 5.92 Å². The van der Waals surface area contributed by atoms with Crippen LogP contribution in [0.4, 0.5) is 0 Å². The van der Waals surface area contributed by atoms with Crippen LogP contribution in [0.15, 0.2) is 70.5 Å². The van der Waals surface area contributed by atoms with E-state index in [2.05, 4.69) is 24.3 Å². The SMILES string of the molecule is CC(=O)C(CCC(Sc1ccccc1)Sc1ccccc1)C(C)=O. The summed E-state index contributed by atoms with van der Waals surface area (Å²) in [5.74, 6) is -0.536. The maximum absolute atomic E-state index is 11.7. The molecule has 0 amide bonds. The summed E-state index contributed by atoms with van der Waals surface area (Å²) in [6.07, 6.45) is 1.41. The van der Waals surface area contributed by atoms with E-state index in [1.54, 1.807) is 23.5 Å². The minimum absolute atomic E-state index is 0.0318. The zero-order valence-electron chi connectivity index (χ0n) is 14.0. The molecule has 0 bridgehead atoms. The van der Waals surface area contributed by atoms with Gasteiger partial charge in [-0.05, 0) is 51.0 Å². The van der Waals surface area contributed by atoms with Crippen molar-refractivity contribution in [2.75, 3.05) is 0 Å². The number of hydrogen-bond acceptors (Lipinski definition) is 4. The number of benzene rings is 2. The van der Waals surface area contributed by atoms with Gasteiger partial charge in [0.2, 0.25) is 0 Å². The van der Waals surface area contributed by atoms with Crippen LogP contribution >= 0.6 is 23.5 Å². The number of carbonyl (C=O) groups excluding carboxylic acids is 2. The second kappa shape index (κ2) is 9.70. The molecule has 0 saturated heterocycles. The molecule has 0 aliphatic heterocycles. The van der Waals surface area contributed by atoms with Crippen molar-refractivity contribution in [1.82, 2.24) is 0 Å². The second-order valence-electron chi connectivity index (χ2n) is 5.64. The fourth-order valence-corrected chi connectivity index (χ4v) is 5.04. The van der Waals surface area contributed by atoms with E-state index in [1.165, 1.54) is 23.6 Å². The largest absolute Gasteiger partial charge is 0.299 e. The lowest BCUT2D eigenvalue weighted by Crippen LogP contribution is -2.20. The Morgan fingerprint density at radius 3 is 1.54 bits per heavy atom. The Hall–Kier alpha value is -1.52. The summed E-state index contributed by atoms with van der Waals surface area (Å²) in [6, 6.07) is 20.5. The van der Waals surface area contributed by atoms with Gasteiger partial charge in [0.05, 0.1) is 10.5 Å². The zero-order valence-corrected chi connectivity index (χ0v) is 15.6. The number of thioether (sulfide) groups is 2. The Morgan fingerprint density at radius 2 is 1.17 bits per heavy atom. The molecule has 0 saturated carbocycles. The van der Waals surface area contributed by atoms with Crippen molar-refractivity contribution in [3.63, 3.8) is 0 Å². The van der Waals surface area contributed by atoms with Crippen LogP contribution < -0.4 is 0 Å². The third-order valence-electron chi connectivity index (χ3n) is 3.69. The van der Waals surface area contributed by atoms with Gasteiger partial charge in [-0.15, -0.1) is 23.5 Å². The molecule has 0 unspecified atom stereocenters. The summed E-state index contributed by atoms with van der Waals surface area (Å²) in [7, 11) is 0. The lowest BCUT2D eigenvalue weighted by molar-refractivity contribution is -0.130. The van der Waals surface area contributed by atoms with Gasteiger partial charge in [-0.25, -0.2) is 0 Å². The average Bonchev–Trinajstić information content (AvgIpc) is 2.56. The molecule has 126 valence electrons. The Kier molecular flexibility index (Phi) is 7.60. The highest BCUT2D eigenvalue weighted by molar-refractivity contribution is 8.17. The topological polar surface area (TPSA) is 34.1 Å². The normalized spacial score (nSPS) is 11.0. The van der Waals surface area contributed by atoms with Crippen LogP contribution in [0, 0.1) is 5.92 Å². The van der Waals surface area contributed by atoms with Crippen molar-refractivity contribution in [3.8, 4) is 0 Å². The van der Waals surface area contributed by atoms with Crippen LogP contribution in [0.3, 0.4) is 0 Å². The third-order valence-corrected chi connectivity index (χ3v) is 6.36. The first-order chi connectivity index (χ1) is 11.6. The van der Waals surface area contributed by atoms with Gasteiger partial charge in [0.15, 0.2) is 0 Å². The third kappa shape index (κ3) is 6.17. The van der Waals surface area contributed by atoms with Crippen molar-refractivity contribution in [2.24, 2.45) is 5.92 Å². The highest BCUT2D eigenvalue weighted by Gasteiger charge is 2.22. The van der Waals surface area contributed by atoms with E-state index in [4.69, 9.17) is 0 Å². The molecule has 2 aromatic rings. The molecule has 2 nitrogen and oxygen atoms in total. The van der Waals surface area contributed by atoms with Gasteiger partial charge >= 0.3 is 0 Å². The molecule has 0 spiro atoms. The van der Waals surface area contributed by atoms with E-state index in [-0.39, 0.29) is 16.1 Å². The number of rotatable bonds is 9. The molecular weight excluding hydrogens is 336 g/mol. The lowest BCUT2D eigenvalue weighted by atomic mass is 9.96. The van der Waals surface area contributed by atoms with Gasteiger partial charge < -0.3 is 0 Å². The monoisotopic (exact) mass is 358 g/mol. The van der Waals surface area contributed by atoms with Crippen LogP contribution in [0.5, 0.6) is 0 Å². The summed E-state index contributed by atoms with van der Waals surface area (Å²) in [5.41, 5.74) is 0. The Bertz CT molecular complexity index is 600. The van der Waals surface area contributed by atoms with Crippen LogP contribution in [-0.2, 0) is 9.59 Å². The zero-order chi connectivity index (χ0) is 17.4. The Balaban J connectivity index is 2.07. The predicted octanol–water partition coefficient (Wildman–Crippen LogP) is 5.47. The average molecular weight is 359 g/mol. The molecule has 0 radical (unpaired) electrons. The fraction of sp³-hybridized carbons (Fsp3) is 0.300. The molecule has 0 atom stereocenters.